The normalized spacial score (nSPS) is 16.1. The fourth-order valence-corrected chi connectivity index (χ4v) is 2.60. The summed E-state index contributed by atoms with van der Waals surface area (Å²) in [5, 5.41) is 6.08. The van der Waals surface area contributed by atoms with E-state index < -0.39 is 6.36 Å². The number of nitrogens with one attached hydrogen (secondary N) is 2. The van der Waals surface area contributed by atoms with Crippen LogP contribution in [0, 0.1) is 5.92 Å². The summed E-state index contributed by atoms with van der Waals surface area (Å²) in [7, 11) is 0. The molecule has 1 aliphatic heterocycles. The number of benzene rings is 1. The van der Waals surface area contributed by atoms with E-state index in [2.05, 4.69) is 15.4 Å². The van der Waals surface area contributed by atoms with Crippen molar-refractivity contribution < 1.29 is 22.7 Å². The van der Waals surface area contributed by atoms with Gasteiger partial charge in [-0.15, -0.1) is 13.2 Å². The van der Waals surface area contributed by atoms with Gasteiger partial charge in [0, 0.05) is 13.0 Å². The van der Waals surface area contributed by atoms with Crippen LogP contribution in [-0.4, -0.2) is 25.4 Å². The highest BCUT2D eigenvalue weighted by molar-refractivity contribution is 5.75. The molecule has 2 rings (SSSR count). The van der Waals surface area contributed by atoms with Gasteiger partial charge >= 0.3 is 6.36 Å². The number of rotatable bonds is 6. The van der Waals surface area contributed by atoms with Gasteiger partial charge in [0.2, 0.25) is 5.91 Å². The second-order valence-corrected chi connectivity index (χ2v) is 5.70. The Bertz CT molecular complexity index is 497. The molecule has 1 fully saturated rings. The van der Waals surface area contributed by atoms with Gasteiger partial charge in [0.05, 0.1) is 0 Å². The summed E-state index contributed by atoms with van der Waals surface area (Å²) in [4.78, 5) is 11.8. The Morgan fingerprint density at radius 2 is 1.87 bits per heavy atom. The summed E-state index contributed by atoms with van der Waals surface area (Å²) in [6, 6.07) is 5.50. The van der Waals surface area contributed by atoms with Crippen molar-refractivity contribution in [2.75, 3.05) is 13.1 Å². The van der Waals surface area contributed by atoms with E-state index in [1.807, 2.05) is 0 Å². The van der Waals surface area contributed by atoms with Crippen molar-refractivity contribution in [1.29, 1.82) is 0 Å². The molecule has 1 aliphatic rings. The van der Waals surface area contributed by atoms with Crippen molar-refractivity contribution in [2.45, 2.75) is 38.6 Å². The maximum Gasteiger partial charge on any atom is 0.573 e. The van der Waals surface area contributed by atoms with Gasteiger partial charge in [-0.2, -0.15) is 0 Å². The first kappa shape index (κ1) is 17.6. The van der Waals surface area contributed by atoms with Crippen molar-refractivity contribution in [3.8, 4) is 5.75 Å². The highest BCUT2D eigenvalue weighted by Crippen LogP contribution is 2.22. The highest BCUT2D eigenvalue weighted by Gasteiger charge is 2.30. The monoisotopic (exact) mass is 330 g/mol. The number of carbonyl (C=O) groups excluding carboxylic acids is 1. The number of piperidine rings is 1. The van der Waals surface area contributed by atoms with Gasteiger partial charge in [0.15, 0.2) is 0 Å². The van der Waals surface area contributed by atoms with E-state index in [0.717, 1.165) is 37.9 Å². The summed E-state index contributed by atoms with van der Waals surface area (Å²) in [5.74, 6) is 0.304. The standard InChI is InChI=1S/C16H21F3N2O2/c17-16(18,19)23-14-4-1-13(2-5-14)11-21-15(22)6-3-12-7-9-20-10-8-12/h1-2,4-5,12,20H,3,6-11H2,(H,21,22). The van der Waals surface area contributed by atoms with Gasteiger partial charge < -0.3 is 15.4 Å². The average molecular weight is 330 g/mol. The van der Waals surface area contributed by atoms with E-state index in [4.69, 9.17) is 0 Å². The van der Waals surface area contributed by atoms with E-state index in [-0.39, 0.29) is 11.7 Å². The van der Waals surface area contributed by atoms with Crippen molar-refractivity contribution in [3.63, 3.8) is 0 Å². The molecule has 0 saturated carbocycles. The third kappa shape index (κ3) is 6.90. The Kier molecular flexibility index (Phi) is 6.27. The summed E-state index contributed by atoms with van der Waals surface area (Å²) >= 11 is 0. The summed E-state index contributed by atoms with van der Waals surface area (Å²) in [6.45, 7) is 2.33. The predicted octanol–water partition coefficient (Wildman–Crippen LogP) is 2.98. The number of halogens is 3. The fraction of sp³-hybridized carbons (Fsp3) is 0.562. The number of alkyl halides is 3. The van der Waals surface area contributed by atoms with Gasteiger partial charge in [0.25, 0.3) is 0 Å². The number of ether oxygens (including phenoxy) is 1. The molecule has 0 spiro atoms. The number of amides is 1. The maximum atomic E-state index is 12.1. The molecule has 7 heteroatoms. The van der Waals surface area contributed by atoms with Crippen LogP contribution in [0.5, 0.6) is 5.75 Å². The summed E-state index contributed by atoms with van der Waals surface area (Å²) in [6.07, 6.45) is -1.11. The Morgan fingerprint density at radius 3 is 2.48 bits per heavy atom. The molecule has 1 aromatic rings. The number of hydrogen-bond donors (Lipinski definition) is 2. The van der Waals surface area contributed by atoms with Crippen LogP contribution in [0.2, 0.25) is 0 Å². The largest absolute Gasteiger partial charge is 0.573 e. The molecule has 0 bridgehead atoms. The minimum absolute atomic E-state index is 0.0286. The maximum absolute atomic E-state index is 12.1. The molecule has 0 unspecified atom stereocenters. The smallest absolute Gasteiger partial charge is 0.406 e. The van der Waals surface area contributed by atoms with Crippen LogP contribution in [0.25, 0.3) is 0 Å². The van der Waals surface area contributed by atoms with E-state index >= 15 is 0 Å². The highest BCUT2D eigenvalue weighted by atomic mass is 19.4. The lowest BCUT2D eigenvalue weighted by atomic mass is 9.93. The van der Waals surface area contributed by atoms with Crippen molar-refractivity contribution in [3.05, 3.63) is 29.8 Å². The Morgan fingerprint density at radius 1 is 1.22 bits per heavy atom. The van der Waals surface area contributed by atoms with Gasteiger partial charge in [-0.25, -0.2) is 0 Å². The van der Waals surface area contributed by atoms with Crippen LogP contribution in [-0.2, 0) is 11.3 Å². The van der Waals surface area contributed by atoms with Crippen LogP contribution in [0.4, 0.5) is 13.2 Å². The zero-order valence-corrected chi connectivity index (χ0v) is 12.8. The van der Waals surface area contributed by atoms with E-state index in [1.165, 1.54) is 24.3 Å². The van der Waals surface area contributed by atoms with Gasteiger partial charge in [-0.1, -0.05) is 12.1 Å². The van der Waals surface area contributed by atoms with Crippen molar-refractivity contribution >= 4 is 5.91 Å². The Balaban J connectivity index is 1.69. The van der Waals surface area contributed by atoms with Crippen LogP contribution in [0.1, 0.15) is 31.2 Å². The second kappa shape index (κ2) is 8.19. The third-order valence-corrected chi connectivity index (χ3v) is 3.88. The van der Waals surface area contributed by atoms with E-state index in [1.54, 1.807) is 0 Å². The lowest BCUT2D eigenvalue weighted by Gasteiger charge is -2.22. The van der Waals surface area contributed by atoms with Gasteiger partial charge in [-0.3, -0.25) is 4.79 Å². The lowest BCUT2D eigenvalue weighted by molar-refractivity contribution is -0.274. The van der Waals surface area contributed by atoms with Crippen LogP contribution in [0.3, 0.4) is 0 Å². The SMILES string of the molecule is O=C(CCC1CCNCC1)NCc1ccc(OC(F)(F)F)cc1. The molecule has 0 aliphatic carbocycles. The molecule has 1 heterocycles. The molecule has 1 aromatic carbocycles. The molecular weight excluding hydrogens is 309 g/mol. The van der Waals surface area contributed by atoms with Crippen LogP contribution in [0.15, 0.2) is 24.3 Å². The van der Waals surface area contributed by atoms with Crippen LogP contribution < -0.4 is 15.4 Å². The molecule has 1 saturated heterocycles. The first-order valence-corrected chi connectivity index (χ1v) is 7.74. The molecule has 23 heavy (non-hydrogen) atoms. The van der Waals surface area contributed by atoms with Crippen molar-refractivity contribution in [2.24, 2.45) is 5.92 Å². The molecule has 0 aromatic heterocycles. The molecule has 0 radical (unpaired) electrons. The minimum atomic E-state index is -4.69. The van der Waals surface area contributed by atoms with E-state index in [0.29, 0.717) is 18.9 Å². The first-order chi connectivity index (χ1) is 10.9. The zero-order chi connectivity index (χ0) is 16.7. The van der Waals surface area contributed by atoms with Crippen molar-refractivity contribution in [1.82, 2.24) is 10.6 Å². The molecule has 2 N–H and O–H groups in total. The molecule has 128 valence electrons. The third-order valence-electron chi connectivity index (χ3n) is 3.88. The summed E-state index contributed by atoms with van der Waals surface area (Å²) < 4.78 is 39.9. The topological polar surface area (TPSA) is 50.4 Å². The molecular formula is C16H21F3N2O2. The average Bonchev–Trinajstić information content (AvgIpc) is 2.52. The first-order valence-electron chi connectivity index (χ1n) is 7.74. The Hall–Kier alpha value is -1.76. The fourth-order valence-electron chi connectivity index (χ4n) is 2.60. The van der Waals surface area contributed by atoms with Crippen LogP contribution >= 0.6 is 0 Å². The Labute approximate surface area is 133 Å². The summed E-state index contributed by atoms with van der Waals surface area (Å²) in [5.41, 5.74) is 0.731. The zero-order valence-electron chi connectivity index (χ0n) is 12.8. The number of hydrogen-bond acceptors (Lipinski definition) is 3. The molecule has 1 amide bonds. The van der Waals surface area contributed by atoms with E-state index in [9.17, 15) is 18.0 Å². The quantitative estimate of drug-likeness (QED) is 0.843. The minimum Gasteiger partial charge on any atom is -0.406 e. The molecule has 4 nitrogen and oxygen atoms in total. The second-order valence-electron chi connectivity index (χ2n) is 5.70. The van der Waals surface area contributed by atoms with Gasteiger partial charge in [-0.05, 0) is 56.0 Å². The predicted molar refractivity (Wildman–Crippen MR) is 79.8 cm³/mol. The number of carbonyl (C=O) groups is 1. The van der Waals surface area contributed by atoms with Gasteiger partial charge in [0.1, 0.15) is 5.75 Å². The lowest BCUT2D eigenvalue weighted by Crippen LogP contribution is -2.29. The molecule has 0 atom stereocenters.